The van der Waals surface area contributed by atoms with Crippen LogP contribution in [-0.2, 0) is 13.6 Å². The molecule has 5 rings (SSSR count). The van der Waals surface area contributed by atoms with Gasteiger partial charge in [-0.25, -0.2) is 9.97 Å². The number of imidazole rings is 1. The Hall–Kier alpha value is -2.73. The zero-order valence-corrected chi connectivity index (χ0v) is 17.7. The lowest BCUT2D eigenvalue weighted by Crippen LogP contribution is -2.34. The first kappa shape index (κ1) is 18.3. The first-order chi connectivity index (χ1) is 14.0. The van der Waals surface area contributed by atoms with Gasteiger partial charge in [0, 0.05) is 43.3 Å². The van der Waals surface area contributed by atoms with Crippen molar-refractivity contribution in [1.29, 1.82) is 0 Å². The number of nitrogens with zero attached hydrogens (tertiary/aromatic N) is 6. The number of likely N-dealkylation sites (tertiary alicyclic amines) is 1. The second-order valence-electron chi connectivity index (χ2n) is 8.47. The van der Waals surface area contributed by atoms with Crippen molar-refractivity contribution in [2.75, 3.05) is 13.1 Å². The van der Waals surface area contributed by atoms with Gasteiger partial charge in [0.15, 0.2) is 5.65 Å². The highest BCUT2D eigenvalue weighted by atomic mass is 15.3. The first-order valence-corrected chi connectivity index (χ1v) is 10.5. The molecule has 0 amide bonds. The van der Waals surface area contributed by atoms with Gasteiger partial charge < -0.3 is 4.40 Å². The van der Waals surface area contributed by atoms with Gasteiger partial charge in [-0.2, -0.15) is 5.10 Å². The van der Waals surface area contributed by atoms with E-state index < -0.39 is 0 Å². The Bertz CT molecular complexity index is 1200. The molecule has 150 valence electrons. The summed E-state index contributed by atoms with van der Waals surface area (Å²) in [5.41, 5.74) is 7.95. The van der Waals surface area contributed by atoms with Crippen LogP contribution in [0.5, 0.6) is 0 Å². The molecule has 0 aromatic carbocycles. The van der Waals surface area contributed by atoms with Crippen molar-refractivity contribution in [3.63, 3.8) is 0 Å². The monoisotopic (exact) mass is 388 g/mol. The quantitative estimate of drug-likeness (QED) is 0.534. The van der Waals surface area contributed by atoms with E-state index >= 15 is 0 Å². The summed E-state index contributed by atoms with van der Waals surface area (Å²) in [5, 5.41) is 5.67. The van der Waals surface area contributed by atoms with Crippen LogP contribution in [0.3, 0.4) is 0 Å². The molecule has 6 heteroatoms. The number of hydrogen-bond donors (Lipinski definition) is 0. The summed E-state index contributed by atoms with van der Waals surface area (Å²) in [6.07, 6.45) is 4.54. The largest absolute Gasteiger partial charge is 0.302 e. The van der Waals surface area contributed by atoms with Crippen LogP contribution in [0, 0.1) is 20.8 Å². The van der Waals surface area contributed by atoms with Gasteiger partial charge in [0.1, 0.15) is 5.65 Å². The Morgan fingerprint density at radius 1 is 1.07 bits per heavy atom. The fourth-order valence-electron chi connectivity index (χ4n) is 4.70. The topological polar surface area (TPSA) is 51.2 Å². The van der Waals surface area contributed by atoms with Gasteiger partial charge in [0.05, 0.1) is 17.1 Å². The molecule has 5 heterocycles. The van der Waals surface area contributed by atoms with Gasteiger partial charge in [0.2, 0.25) is 0 Å². The molecule has 4 aromatic rings. The van der Waals surface area contributed by atoms with E-state index in [4.69, 9.17) is 9.97 Å². The molecule has 1 unspecified atom stereocenters. The molecule has 0 spiro atoms. The third-order valence-corrected chi connectivity index (χ3v) is 6.27. The van der Waals surface area contributed by atoms with Gasteiger partial charge in [-0.3, -0.25) is 9.58 Å². The lowest BCUT2D eigenvalue weighted by atomic mass is 9.94. The smallest absolute Gasteiger partial charge is 0.158 e. The predicted octanol–water partition coefficient (Wildman–Crippen LogP) is 3.92. The summed E-state index contributed by atoms with van der Waals surface area (Å²) in [5.74, 6) is 0.463. The highest BCUT2D eigenvalue weighted by Crippen LogP contribution is 2.29. The van der Waals surface area contributed by atoms with Crippen LogP contribution >= 0.6 is 0 Å². The van der Waals surface area contributed by atoms with Gasteiger partial charge in [0.25, 0.3) is 0 Å². The standard InChI is InChI=1S/C23H28N6/c1-15-9-11-29-21(17(3)24-22(29)12-15)14-28-10-5-6-18(13-28)20-8-7-19-16(2)26-27(4)23(19)25-20/h7-9,11-12,18H,5-6,10,13-14H2,1-4H3. The van der Waals surface area contributed by atoms with E-state index in [1.165, 1.54) is 29.8 Å². The molecule has 1 aliphatic heterocycles. The van der Waals surface area contributed by atoms with Crippen LogP contribution in [0.4, 0.5) is 0 Å². The second kappa shape index (κ2) is 6.95. The zero-order valence-electron chi connectivity index (χ0n) is 17.7. The Kier molecular flexibility index (Phi) is 4.39. The number of rotatable bonds is 3. The molecule has 6 nitrogen and oxygen atoms in total. The molecule has 0 aliphatic carbocycles. The molecule has 1 fully saturated rings. The summed E-state index contributed by atoms with van der Waals surface area (Å²) in [6, 6.07) is 8.71. The lowest BCUT2D eigenvalue weighted by Gasteiger charge is -2.32. The summed E-state index contributed by atoms with van der Waals surface area (Å²) < 4.78 is 4.15. The maximum absolute atomic E-state index is 4.98. The molecule has 29 heavy (non-hydrogen) atoms. The van der Waals surface area contributed by atoms with Gasteiger partial charge in [-0.15, -0.1) is 0 Å². The van der Waals surface area contributed by atoms with Crippen LogP contribution in [0.2, 0.25) is 0 Å². The number of fused-ring (bicyclic) bond motifs is 2. The van der Waals surface area contributed by atoms with Crippen LogP contribution in [0.1, 0.15) is 47.1 Å². The molecular formula is C23H28N6. The number of aryl methyl sites for hydroxylation is 4. The van der Waals surface area contributed by atoms with Gasteiger partial charge in [-0.05, 0) is 70.0 Å². The maximum Gasteiger partial charge on any atom is 0.158 e. The van der Waals surface area contributed by atoms with E-state index in [-0.39, 0.29) is 0 Å². The van der Waals surface area contributed by atoms with E-state index in [1.807, 2.05) is 18.7 Å². The minimum atomic E-state index is 0.463. The number of aromatic nitrogens is 5. The Balaban J connectivity index is 1.40. The molecule has 0 N–H and O–H groups in total. The van der Waals surface area contributed by atoms with Gasteiger partial charge >= 0.3 is 0 Å². The maximum atomic E-state index is 4.98. The third kappa shape index (κ3) is 3.21. The Morgan fingerprint density at radius 3 is 2.79 bits per heavy atom. The molecule has 0 bridgehead atoms. The fourth-order valence-corrected chi connectivity index (χ4v) is 4.70. The van der Waals surface area contributed by atoms with Gasteiger partial charge in [-0.1, -0.05) is 0 Å². The fraction of sp³-hybridized carbons (Fsp3) is 0.435. The van der Waals surface area contributed by atoms with Crippen molar-refractivity contribution in [3.8, 4) is 0 Å². The van der Waals surface area contributed by atoms with Crippen LogP contribution in [-0.4, -0.2) is 42.1 Å². The predicted molar refractivity (Wildman–Crippen MR) is 115 cm³/mol. The van der Waals surface area contributed by atoms with E-state index in [0.29, 0.717) is 5.92 Å². The molecule has 0 saturated carbocycles. The average molecular weight is 389 g/mol. The van der Waals surface area contributed by atoms with Crippen LogP contribution in [0.15, 0.2) is 30.5 Å². The first-order valence-electron chi connectivity index (χ1n) is 10.5. The molecule has 0 radical (unpaired) electrons. The Morgan fingerprint density at radius 2 is 1.93 bits per heavy atom. The van der Waals surface area contributed by atoms with Crippen LogP contribution < -0.4 is 0 Å². The minimum absolute atomic E-state index is 0.463. The molecule has 1 aliphatic rings. The summed E-state index contributed by atoms with van der Waals surface area (Å²) in [4.78, 5) is 12.3. The summed E-state index contributed by atoms with van der Waals surface area (Å²) in [6.45, 7) is 9.38. The second-order valence-corrected chi connectivity index (χ2v) is 8.47. The van der Waals surface area contributed by atoms with Crippen molar-refractivity contribution < 1.29 is 0 Å². The van der Waals surface area contributed by atoms with E-state index in [1.54, 1.807) is 0 Å². The minimum Gasteiger partial charge on any atom is -0.302 e. The van der Waals surface area contributed by atoms with Crippen molar-refractivity contribution >= 4 is 16.7 Å². The Labute approximate surface area is 171 Å². The third-order valence-electron chi connectivity index (χ3n) is 6.27. The number of hydrogen-bond acceptors (Lipinski definition) is 4. The number of piperidine rings is 1. The van der Waals surface area contributed by atoms with E-state index in [2.05, 4.69) is 58.7 Å². The normalized spacial score (nSPS) is 18.1. The zero-order chi connectivity index (χ0) is 20.1. The average Bonchev–Trinajstić information content (AvgIpc) is 3.17. The summed E-state index contributed by atoms with van der Waals surface area (Å²) >= 11 is 0. The van der Waals surface area contributed by atoms with Crippen molar-refractivity contribution in [1.82, 2.24) is 29.0 Å². The lowest BCUT2D eigenvalue weighted by molar-refractivity contribution is 0.196. The van der Waals surface area contributed by atoms with Crippen molar-refractivity contribution in [2.45, 2.75) is 46.1 Å². The molecular weight excluding hydrogens is 360 g/mol. The molecule has 1 saturated heterocycles. The number of pyridine rings is 2. The van der Waals surface area contributed by atoms with Crippen molar-refractivity contribution in [3.05, 3.63) is 58.8 Å². The molecule has 1 atom stereocenters. The highest BCUT2D eigenvalue weighted by molar-refractivity contribution is 5.78. The van der Waals surface area contributed by atoms with Crippen LogP contribution in [0.25, 0.3) is 16.7 Å². The van der Waals surface area contributed by atoms with Crippen molar-refractivity contribution in [2.24, 2.45) is 7.05 Å². The molecule has 4 aromatic heterocycles. The SMILES string of the molecule is Cc1ccn2c(CN3CCCC(c4ccc5c(C)nn(C)c5n4)C3)c(C)nc2c1. The summed E-state index contributed by atoms with van der Waals surface area (Å²) in [7, 11) is 1.98. The highest BCUT2D eigenvalue weighted by Gasteiger charge is 2.24. The van der Waals surface area contributed by atoms with E-state index in [0.717, 1.165) is 47.7 Å². The van der Waals surface area contributed by atoms with E-state index in [9.17, 15) is 0 Å².